The summed E-state index contributed by atoms with van der Waals surface area (Å²) >= 11 is 0. The molecule has 17 heavy (non-hydrogen) atoms. The summed E-state index contributed by atoms with van der Waals surface area (Å²) in [6.45, 7) is 4.01. The summed E-state index contributed by atoms with van der Waals surface area (Å²) in [7, 11) is -2.15. The van der Waals surface area contributed by atoms with Crippen molar-refractivity contribution in [2.75, 3.05) is 7.05 Å². The van der Waals surface area contributed by atoms with Crippen molar-refractivity contribution in [1.82, 2.24) is 4.72 Å². The molecule has 0 aromatic rings. The monoisotopic (exact) mass is 260 g/mol. The number of nitriles is 1. The molecule has 0 bridgehead atoms. The van der Waals surface area contributed by atoms with Crippen LogP contribution in [0.15, 0.2) is 0 Å². The van der Waals surface area contributed by atoms with E-state index in [1.807, 2.05) is 13.0 Å². The first-order chi connectivity index (χ1) is 7.99. The topological polar surface area (TPSA) is 70.0 Å². The first-order valence-corrected chi connectivity index (χ1v) is 7.82. The molecule has 0 aliphatic carbocycles. The summed E-state index contributed by atoms with van der Waals surface area (Å²) in [5, 5.41) is 9.26. The molecule has 0 rings (SSSR count). The number of hydrogen-bond acceptors (Lipinski definition) is 3. The van der Waals surface area contributed by atoms with Gasteiger partial charge >= 0.3 is 0 Å². The second-order valence-electron chi connectivity index (χ2n) is 4.37. The second-order valence-corrected chi connectivity index (χ2v) is 6.57. The second kappa shape index (κ2) is 7.67. The third-order valence-corrected chi connectivity index (χ3v) is 5.14. The lowest BCUT2D eigenvalue weighted by atomic mass is 9.96. The zero-order valence-corrected chi connectivity index (χ0v) is 11.9. The van der Waals surface area contributed by atoms with Gasteiger partial charge in [-0.2, -0.15) is 5.26 Å². The highest BCUT2D eigenvalue weighted by atomic mass is 32.2. The molecule has 0 aromatic heterocycles. The lowest BCUT2D eigenvalue weighted by molar-refractivity contribution is 0.484. The fourth-order valence-electron chi connectivity index (χ4n) is 2.00. The zero-order chi connectivity index (χ0) is 13.4. The van der Waals surface area contributed by atoms with Gasteiger partial charge in [-0.1, -0.05) is 46.0 Å². The molecule has 4 nitrogen and oxygen atoms in total. The van der Waals surface area contributed by atoms with Crippen LogP contribution >= 0.6 is 0 Å². The highest BCUT2D eigenvalue weighted by Gasteiger charge is 2.42. The molecule has 0 amide bonds. The van der Waals surface area contributed by atoms with Crippen LogP contribution in [-0.4, -0.2) is 20.2 Å². The fraction of sp³-hybridized carbons (Fsp3) is 0.917. The highest BCUT2D eigenvalue weighted by molar-refractivity contribution is 7.91. The van der Waals surface area contributed by atoms with E-state index >= 15 is 0 Å². The van der Waals surface area contributed by atoms with Crippen LogP contribution in [0.4, 0.5) is 0 Å². The lowest BCUT2D eigenvalue weighted by Gasteiger charge is -2.25. The summed E-state index contributed by atoms with van der Waals surface area (Å²) in [6.07, 6.45) is 5.51. The normalized spacial score (nSPS) is 15.2. The maximum atomic E-state index is 12.0. The summed E-state index contributed by atoms with van der Waals surface area (Å²) in [4.78, 5) is 0. The molecule has 0 fully saturated rings. The minimum absolute atomic E-state index is 0.402. The van der Waals surface area contributed by atoms with Crippen molar-refractivity contribution in [3.8, 4) is 6.07 Å². The van der Waals surface area contributed by atoms with E-state index in [-0.39, 0.29) is 0 Å². The van der Waals surface area contributed by atoms with Crippen LogP contribution in [0.2, 0.25) is 0 Å². The van der Waals surface area contributed by atoms with E-state index in [1.54, 1.807) is 0 Å². The Balaban J connectivity index is 4.80. The molecule has 0 saturated heterocycles. The first-order valence-electron chi connectivity index (χ1n) is 6.34. The van der Waals surface area contributed by atoms with E-state index in [2.05, 4.69) is 11.6 Å². The first kappa shape index (κ1) is 16.4. The summed E-state index contributed by atoms with van der Waals surface area (Å²) in [5.41, 5.74) is 0. The number of rotatable bonds is 9. The molecule has 0 saturated carbocycles. The SMILES string of the molecule is CCCCCCC(C#N)(CCC)S(=O)(=O)NC. The molecule has 0 aromatic carbocycles. The van der Waals surface area contributed by atoms with Gasteiger partial charge in [0, 0.05) is 0 Å². The number of nitrogens with zero attached hydrogens (tertiary/aromatic N) is 1. The van der Waals surface area contributed by atoms with E-state index < -0.39 is 14.8 Å². The molecule has 0 heterocycles. The minimum Gasteiger partial charge on any atom is -0.217 e. The van der Waals surface area contributed by atoms with Gasteiger partial charge < -0.3 is 0 Å². The van der Waals surface area contributed by atoms with Crippen molar-refractivity contribution in [3.63, 3.8) is 0 Å². The minimum atomic E-state index is -3.53. The number of sulfonamides is 1. The molecule has 0 radical (unpaired) electrons. The summed E-state index contributed by atoms with van der Waals surface area (Å²) in [5.74, 6) is 0. The van der Waals surface area contributed by atoms with Gasteiger partial charge in [0.05, 0.1) is 6.07 Å². The van der Waals surface area contributed by atoms with Gasteiger partial charge in [-0.25, -0.2) is 13.1 Å². The Morgan fingerprint density at radius 1 is 1.12 bits per heavy atom. The van der Waals surface area contributed by atoms with Gasteiger partial charge in [-0.15, -0.1) is 0 Å². The predicted molar refractivity (Wildman–Crippen MR) is 70.0 cm³/mol. The zero-order valence-electron chi connectivity index (χ0n) is 11.1. The van der Waals surface area contributed by atoms with Gasteiger partial charge in [0.25, 0.3) is 0 Å². The fourth-order valence-corrected chi connectivity index (χ4v) is 3.40. The molecular weight excluding hydrogens is 236 g/mol. The van der Waals surface area contributed by atoms with Crippen molar-refractivity contribution >= 4 is 10.0 Å². The molecule has 1 N–H and O–H groups in total. The Hall–Kier alpha value is -0.600. The van der Waals surface area contributed by atoms with Crippen LogP contribution in [0.5, 0.6) is 0 Å². The maximum absolute atomic E-state index is 12.0. The quantitative estimate of drug-likeness (QED) is 0.648. The van der Waals surface area contributed by atoms with Crippen LogP contribution in [0.3, 0.4) is 0 Å². The van der Waals surface area contributed by atoms with Crippen LogP contribution in [-0.2, 0) is 10.0 Å². The molecule has 1 atom stereocenters. The van der Waals surface area contributed by atoms with Gasteiger partial charge in [0.1, 0.15) is 0 Å². The van der Waals surface area contributed by atoms with Crippen molar-refractivity contribution in [2.45, 2.75) is 63.5 Å². The third-order valence-electron chi connectivity index (χ3n) is 3.07. The molecule has 0 aliphatic heterocycles. The van der Waals surface area contributed by atoms with Gasteiger partial charge in [0.2, 0.25) is 10.0 Å². The van der Waals surface area contributed by atoms with E-state index in [0.717, 1.165) is 25.7 Å². The average Bonchev–Trinajstić information content (AvgIpc) is 2.33. The molecule has 5 heteroatoms. The van der Waals surface area contributed by atoms with Crippen molar-refractivity contribution in [2.24, 2.45) is 0 Å². The van der Waals surface area contributed by atoms with Gasteiger partial charge in [0.15, 0.2) is 4.75 Å². The van der Waals surface area contributed by atoms with Crippen molar-refractivity contribution < 1.29 is 8.42 Å². The lowest BCUT2D eigenvalue weighted by Crippen LogP contribution is -2.43. The Bertz CT molecular complexity index is 346. The Morgan fingerprint density at radius 2 is 1.76 bits per heavy atom. The van der Waals surface area contributed by atoms with E-state index in [1.165, 1.54) is 7.05 Å². The third kappa shape index (κ3) is 4.29. The summed E-state index contributed by atoms with van der Waals surface area (Å²) < 4.78 is 25.0. The maximum Gasteiger partial charge on any atom is 0.230 e. The van der Waals surface area contributed by atoms with Crippen LogP contribution in [0.25, 0.3) is 0 Å². The molecule has 0 aliphatic rings. The van der Waals surface area contributed by atoms with Crippen molar-refractivity contribution in [3.05, 3.63) is 0 Å². The number of unbranched alkanes of at least 4 members (excludes halogenated alkanes) is 3. The molecule has 0 spiro atoms. The Kier molecular flexibility index (Phi) is 7.40. The smallest absolute Gasteiger partial charge is 0.217 e. The van der Waals surface area contributed by atoms with E-state index in [0.29, 0.717) is 19.3 Å². The standard InChI is InChI=1S/C12H24N2O2S/c1-4-6-7-8-10-12(11-13,9-5-2)17(15,16)14-3/h14H,4-10H2,1-3H3. The number of nitrogens with one attached hydrogen (secondary N) is 1. The largest absolute Gasteiger partial charge is 0.230 e. The van der Waals surface area contributed by atoms with Crippen molar-refractivity contribution in [1.29, 1.82) is 5.26 Å². The Labute approximate surface area is 105 Å². The summed E-state index contributed by atoms with van der Waals surface area (Å²) in [6, 6.07) is 2.03. The Morgan fingerprint density at radius 3 is 2.18 bits per heavy atom. The van der Waals surface area contributed by atoms with E-state index in [9.17, 15) is 13.7 Å². The van der Waals surface area contributed by atoms with Crippen LogP contribution in [0.1, 0.15) is 58.8 Å². The van der Waals surface area contributed by atoms with Crippen LogP contribution < -0.4 is 4.72 Å². The van der Waals surface area contributed by atoms with Gasteiger partial charge in [-0.3, -0.25) is 0 Å². The number of hydrogen-bond donors (Lipinski definition) is 1. The average molecular weight is 260 g/mol. The van der Waals surface area contributed by atoms with E-state index in [4.69, 9.17) is 0 Å². The molecule has 100 valence electrons. The van der Waals surface area contributed by atoms with Gasteiger partial charge in [-0.05, 0) is 19.9 Å². The predicted octanol–water partition coefficient (Wildman–Crippen LogP) is 2.57. The van der Waals surface area contributed by atoms with Crippen LogP contribution in [0, 0.1) is 11.3 Å². The molecular formula is C12H24N2O2S. The molecule has 1 unspecified atom stereocenters. The highest BCUT2D eigenvalue weighted by Crippen LogP contribution is 2.28.